The largest absolute Gasteiger partial charge is 0.357 e. The second-order valence-electron chi connectivity index (χ2n) is 5.76. The average molecular weight is 332 g/mol. The number of rotatable bonds is 11. The normalized spacial score (nSPS) is 11.2. The lowest BCUT2D eigenvalue weighted by atomic mass is 10.2. The molecular formula is C19H32N4O. The van der Waals surface area contributed by atoms with Gasteiger partial charge < -0.3 is 16.0 Å². The van der Waals surface area contributed by atoms with Crippen LogP contribution < -0.4 is 16.0 Å². The third kappa shape index (κ3) is 9.87. The van der Waals surface area contributed by atoms with Crippen LogP contribution in [-0.4, -0.2) is 31.5 Å². The lowest BCUT2D eigenvalue weighted by molar-refractivity contribution is -0.121. The Kier molecular flexibility index (Phi) is 11.2. The Labute approximate surface area is 146 Å². The molecule has 0 heterocycles. The van der Waals surface area contributed by atoms with Crippen LogP contribution in [0.1, 0.15) is 51.5 Å². The maximum Gasteiger partial charge on any atom is 0.222 e. The van der Waals surface area contributed by atoms with E-state index < -0.39 is 0 Å². The van der Waals surface area contributed by atoms with Crippen molar-refractivity contribution in [2.75, 3.05) is 19.6 Å². The van der Waals surface area contributed by atoms with Gasteiger partial charge in [-0.05, 0) is 18.9 Å². The molecule has 3 N–H and O–H groups in total. The molecule has 0 aromatic heterocycles. The number of carbonyl (C=O) groups is 1. The van der Waals surface area contributed by atoms with Crippen molar-refractivity contribution in [1.29, 1.82) is 0 Å². The Bertz CT molecular complexity index is 474. The number of nitrogens with one attached hydrogen (secondary N) is 3. The monoisotopic (exact) mass is 332 g/mol. The zero-order chi connectivity index (χ0) is 17.5. The Morgan fingerprint density at radius 2 is 1.79 bits per heavy atom. The summed E-state index contributed by atoms with van der Waals surface area (Å²) in [5.41, 5.74) is 1.11. The van der Waals surface area contributed by atoms with E-state index in [-0.39, 0.29) is 5.91 Å². The summed E-state index contributed by atoms with van der Waals surface area (Å²) in [5.74, 6) is 0.843. The smallest absolute Gasteiger partial charge is 0.222 e. The number of nitrogens with zero attached hydrogens (tertiary/aromatic N) is 1. The molecule has 1 aromatic carbocycles. The molecule has 1 rings (SSSR count). The van der Waals surface area contributed by atoms with Crippen molar-refractivity contribution in [1.82, 2.24) is 16.0 Å². The van der Waals surface area contributed by atoms with Crippen molar-refractivity contribution in [2.24, 2.45) is 4.99 Å². The predicted octanol–water partition coefficient (Wildman–Crippen LogP) is 2.83. The second kappa shape index (κ2) is 13.4. The van der Waals surface area contributed by atoms with E-state index in [2.05, 4.69) is 27.9 Å². The van der Waals surface area contributed by atoms with Gasteiger partial charge in [0.25, 0.3) is 0 Å². The zero-order valence-electron chi connectivity index (χ0n) is 15.1. The van der Waals surface area contributed by atoms with Crippen LogP contribution in [-0.2, 0) is 11.3 Å². The molecule has 0 bridgehead atoms. The molecule has 5 nitrogen and oxygen atoms in total. The molecule has 134 valence electrons. The first kappa shape index (κ1) is 20.0. The highest BCUT2D eigenvalue weighted by molar-refractivity contribution is 5.81. The van der Waals surface area contributed by atoms with Crippen molar-refractivity contribution in [3.05, 3.63) is 35.9 Å². The molecule has 0 unspecified atom stereocenters. The van der Waals surface area contributed by atoms with Crippen LogP contribution in [0.4, 0.5) is 0 Å². The van der Waals surface area contributed by atoms with Gasteiger partial charge in [0.2, 0.25) is 5.91 Å². The highest BCUT2D eigenvalue weighted by Crippen LogP contribution is 1.99. The summed E-state index contributed by atoms with van der Waals surface area (Å²) in [4.78, 5) is 16.4. The molecule has 5 heteroatoms. The third-order valence-corrected chi connectivity index (χ3v) is 3.60. The number of carbonyl (C=O) groups excluding carboxylic acids is 1. The summed E-state index contributed by atoms with van der Waals surface area (Å²) in [6, 6.07) is 9.94. The second-order valence-corrected chi connectivity index (χ2v) is 5.76. The number of benzene rings is 1. The van der Waals surface area contributed by atoms with Crippen LogP contribution in [0.3, 0.4) is 0 Å². The minimum atomic E-state index is 0.0464. The van der Waals surface area contributed by atoms with E-state index >= 15 is 0 Å². The highest BCUT2D eigenvalue weighted by Gasteiger charge is 2.02. The Morgan fingerprint density at radius 3 is 2.50 bits per heavy atom. The fourth-order valence-electron chi connectivity index (χ4n) is 2.25. The van der Waals surface area contributed by atoms with Crippen LogP contribution in [0.15, 0.2) is 35.3 Å². The molecule has 1 amide bonds. The number of unbranched alkanes of at least 4 members (excludes halogenated alkanes) is 3. The van der Waals surface area contributed by atoms with Crippen LogP contribution in [0.5, 0.6) is 0 Å². The third-order valence-electron chi connectivity index (χ3n) is 3.60. The lowest BCUT2D eigenvalue weighted by Crippen LogP contribution is -2.39. The van der Waals surface area contributed by atoms with Gasteiger partial charge in [-0.15, -0.1) is 0 Å². The number of amides is 1. The molecule has 0 aliphatic heterocycles. The molecular weight excluding hydrogens is 300 g/mol. The van der Waals surface area contributed by atoms with Crippen molar-refractivity contribution in [2.45, 2.75) is 52.5 Å². The van der Waals surface area contributed by atoms with E-state index in [0.717, 1.165) is 31.0 Å². The first-order chi connectivity index (χ1) is 11.8. The summed E-state index contributed by atoms with van der Waals surface area (Å²) < 4.78 is 0. The van der Waals surface area contributed by atoms with E-state index in [4.69, 9.17) is 0 Å². The lowest BCUT2D eigenvalue weighted by Gasteiger charge is -2.11. The summed E-state index contributed by atoms with van der Waals surface area (Å²) in [6.07, 6.45) is 5.28. The molecule has 0 fully saturated rings. The van der Waals surface area contributed by atoms with Crippen molar-refractivity contribution >= 4 is 11.9 Å². The molecule has 1 aromatic rings. The fraction of sp³-hybridized carbons (Fsp3) is 0.579. The van der Waals surface area contributed by atoms with Crippen LogP contribution in [0.2, 0.25) is 0 Å². The zero-order valence-corrected chi connectivity index (χ0v) is 15.1. The average Bonchev–Trinajstić information content (AvgIpc) is 2.60. The van der Waals surface area contributed by atoms with Gasteiger partial charge in [-0.3, -0.25) is 9.79 Å². The van der Waals surface area contributed by atoms with Crippen molar-refractivity contribution in [3.8, 4) is 0 Å². The van der Waals surface area contributed by atoms with Crippen LogP contribution in [0, 0.1) is 0 Å². The predicted molar refractivity (Wildman–Crippen MR) is 101 cm³/mol. The van der Waals surface area contributed by atoms with Gasteiger partial charge in [0.15, 0.2) is 5.96 Å². The number of aliphatic imine (C=N–C) groups is 1. The standard InChI is InChI=1S/C19H32N4O/c1-3-5-6-10-14-21-19(20-4-2)22-15-13-18(24)23-16-17-11-8-7-9-12-17/h7-9,11-12H,3-6,10,13-16H2,1-2H3,(H,23,24)(H2,20,21,22). The quantitative estimate of drug-likeness (QED) is 0.332. The number of hydrogen-bond acceptors (Lipinski definition) is 2. The molecule has 0 aliphatic carbocycles. The molecule has 0 saturated heterocycles. The first-order valence-corrected chi connectivity index (χ1v) is 9.09. The molecule has 24 heavy (non-hydrogen) atoms. The van der Waals surface area contributed by atoms with Gasteiger partial charge in [-0.2, -0.15) is 0 Å². The molecule has 0 aliphatic rings. The van der Waals surface area contributed by atoms with E-state index in [9.17, 15) is 4.79 Å². The minimum absolute atomic E-state index is 0.0464. The Hall–Kier alpha value is -2.04. The summed E-state index contributed by atoms with van der Waals surface area (Å²) in [6.45, 7) is 7.06. The van der Waals surface area contributed by atoms with E-state index in [1.165, 1.54) is 19.3 Å². The topological polar surface area (TPSA) is 65.5 Å². The van der Waals surface area contributed by atoms with Crippen LogP contribution in [0.25, 0.3) is 0 Å². The van der Waals surface area contributed by atoms with Gasteiger partial charge in [-0.25, -0.2) is 0 Å². The fourth-order valence-corrected chi connectivity index (χ4v) is 2.25. The number of guanidine groups is 1. The summed E-state index contributed by atoms with van der Waals surface area (Å²) in [5, 5.41) is 9.36. The van der Waals surface area contributed by atoms with Gasteiger partial charge in [-0.1, -0.05) is 56.5 Å². The van der Waals surface area contributed by atoms with E-state index in [0.29, 0.717) is 19.5 Å². The Morgan fingerprint density at radius 1 is 1.00 bits per heavy atom. The molecule has 0 radical (unpaired) electrons. The SMILES string of the molecule is CCCCCCN=C(NCC)NCCC(=O)NCc1ccccc1. The Balaban J connectivity index is 2.20. The van der Waals surface area contributed by atoms with Gasteiger partial charge in [0.1, 0.15) is 0 Å². The summed E-state index contributed by atoms with van der Waals surface area (Å²) >= 11 is 0. The summed E-state index contributed by atoms with van der Waals surface area (Å²) in [7, 11) is 0. The van der Waals surface area contributed by atoms with Crippen molar-refractivity contribution < 1.29 is 4.79 Å². The van der Waals surface area contributed by atoms with Crippen molar-refractivity contribution in [3.63, 3.8) is 0 Å². The maximum atomic E-state index is 11.9. The van der Waals surface area contributed by atoms with E-state index in [1.54, 1.807) is 0 Å². The first-order valence-electron chi connectivity index (χ1n) is 9.09. The minimum Gasteiger partial charge on any atom is -0.357 e. The number of hydrogen-bond donors (Lipinski definition) is 3. The van der Waals surface area contributed by atoms with Gasteiger partial charge in [0, 0.05) is 32.6 Å². The maximum absolute atomic E-state index is 11.9. The van der Waals surface area contributed by atoms with Crippen LogP contribution >= 0.6 is 0 Å². The molecule has 0 saturated carbocycles. The molecule has 0 atom stereocenters. The van der Waals surface area contributed by atoms with E-state index in [1.807, 2.05) is 37.3 Å². The van der Waals surface area contributed by atoms with Gasteiger partial charge >= 0.3 is 0 Å². The highest BCUT2D eigenvalue weighted by atomic mass is 16.1. The van der Waals surface area contributed by atoms with Gasteiger partial charge in [0.05, 0.1) is 0 Å². The molecule has 0 spiro atoms.